The first-order valence-electron chi connectivity index (χ1n) is 7.40. The molecular formula is C15H29NO2. The molecule has 1 aliphatic rings. The molecule has 0 aromatic carbocycles. The molecule has 0 heterocycles. The number of amides is 1. The predicted octanol–water partition coefficient (Wildman–Crippen LogP) is 4.12. The zero-order valence-electron chi connectivity index (χ0n) is 12.4. The molecule has 0 aliphatic heterocycles. The third kappa shape index (κ3) is 4.87. The van der Waals surface area contributed by atoms with Crippen molar-refractivity contribution in [1.82, 2.24) is 5.32 Å². The zero-order valence-corrected chi connectivity index (χ0v) is 12.4. The van der Waals surface area contributed by atoms with Crippen LogP contribution in [-0.2, 0) is 4.74 Å². The molecule has 0 aromatic rings. The Labute approximate surface area is 112 Å². The summed E-state index contributed by atoms with van der Waals surface area (Å²) in [6.07, 6.45) is 6.77. The quantitative estimate of drug-likeness (QED) is 0.750. The molecule has 1 aliphatic carbocycles. The average Bonchev–Trinajstić information content (AvgIpc) is 2.28. The lowest BCUT2D eigenvalue weighted by Crippen LogP contribution is -2.50. The summed E-state index contributed by atoms with van der Waals surface area (Å²) in [5.74, 6) is 1.35. The van der Waals surface area contributed by atoms with Crippen LogP contribution in [0.15, 0.2) is 0 Å². The van der Waals surface area contributed by atoms with Gasteiger partial charge in [-0.1, -0.05) is 33.1 Å². The van der Waals surface area contributed by atoms with E-state index in [1.165, 1.54) is 25.7 Å². The summed E-state index contributed by atoms with van der Waals surface area (Å²) in [7, 11) is 0. The molecule has 106 valence electrons. The van der Waals surface area contributed by atoms with E-state index in [9.17, 15) is 4.79 Å². The number of nitrogens with one attached hydrogen (secondary N) is 1. The first-order chi connectivity index (χ1) is 8.45. The molecule has 1 amide bonds. The maximum absolute atomic E-state index is 11.7. The van der Waals surface area contributed by atoms with Crippen molar-refractivity contribution in [2.24, 2.45) is 11.8 Å². The minimum atomic E-state index is -0.258. The lowest BCUT2D eigenvalue weighted by Gasteiger charge is -2.39. The molecule has 2 unspecified atom stereocenters. The standard InChI is InChI=1S/C15H29NO2/c1-5-6-10-18-14(17)16-15(3,4)13-9-7-8-12(2)11-13/h12-13H,5-11H2,1-4H3,(H,16,17). The highest BCUT2D eigenvalue weighted by Crippen LogP contribution is 2.35. The van der Waals surface area contributed by atoms with Crippen molar-refractivity contribution in [2.45, 2.75) is 71.8 Å². The Morgan fingerprint density at radius 3 is 2.72 bits per heavy atom. The van der Waals surface area contributed by atoms with E-state index in [1.54, 1.807) is 0 Å². The van der Waals surface area contributed by atoms with Gasteiger partial charge in [0.15, 0.2) is 0 Å². The van der Waals surface area contributed by atoms with Gasteiger partial charge in [0.1, 0.15) is 0 Å². The fraction of sp³-hybridized carbons (Fsp3) is 0.933. The number of ether oxygens (including phenoxy) is 1. The van der Waals surface area contributed by atoms with E-state index in [0.717, 1.165) is 18.8 Å². The van der Waals surface area contributed by atoms with E-state index >= 15 is 0 Å². The minimum absolute atomic E-state index is 0.155. The van der Waals surface area contributed by atoms with Crippen LogP contribution < -0.4 is 5.32 Å². The Morgan fingerprint density at radius 2 is 2.11 bits per heavy atom. The van der Waals surface area contributed by atoms with Crippen LogP contribution >= 0.6 is 0 Å². The molecule has 0 radical (unpaired) electrons. The molecule has 1 fully saturated rings. The molecule has 1 rings (SSSR count). The molecule has 3 nitrogen and oxygen atoms in total. The Kier molecular flexibility index (Phi) is 5.97. The predicted molar refractivity (Wildman–Crippen MR) is 74.6 cm³/mol. The first kappa shape index (κ1) is 15.3. The molecule has 0 spiro atoms. The largest absolute Gasteiger partial charge is 0.450 e. The highest BCUT2D eigenvalue weighted by molar-refractivity contribution is 5.68. The van der Waals surface area contributed by atoms with E-state index in [0.29, 0.717) is 12.5 Å². The van der Waals surface area contributed by atoms with Crippen molar-refractivity contribution in [1.29, 1.82) is 0 Å². The van der Waals surface area contributed by atoms with Crippen molar-refractivity contribution < 1.29 is 9.53 Å². The Bertz CT molecular complexity index is 263. The monoisotopic (exact) mass is 255 g/mol. The molecule has 3 heteroatoms. The molecule has 1 saturated carbocycles. The molecule has 0 saturated heterocycles. The van der Waals surface area contributed by atoms with E-state index in [4.69, 9.17) is 4.74 Å². The molecule has 18 heavy (non-hydrogen) atoms. The summed E-state index contributed by atoms with van der Waals surface area (Å²) in [4.78, 5) is 11.7. The van der Waals surface area contributed by atoms with Gasteiger partial charge in [0, 0.05) is 5.54 Å². The van der Waals surface area contributed by atoms with E-state index in [1.807, 2.05) is 0 Å². The van der Waals surface area contributed by atoms with E-state index < -0.39 is 0 Å². The number of hydrogen-bond acceptors (Lipinski definition) is 2. The minimum Gasteiger partial charge on any atom is -0.450 e. The van der Waals surface area contributed by atoms with Gasteiger partial charge < -0.3 is 10.1 Å². The summed E-state index contributed by atoms with van der Waals surface area (Å²) >= 11 is 0. The Hall–Kier alpha value is -0.730. The van der Waals surface area contributed by atoms with Gasteiger partial charge in [0.25, 0.3) is 0 Å². The van der Waals surface area contributed by atoms with Crippen molar-refractivity contribution >= 4 is 6.09 Å². The highest BCUT2D eigenvalue weighted by Gasteiger charge is 2.34. The zero-order chi connectivity index (χ0) is 13.6. The second kappa shape index (κ2) is 7.01. The topological polar surface area (TPSA) is 38.3 Å². The van der Waals surface area contributed by atoms with Gasteiger partial charge in [-0.15, -0.1) is 0 Å². The van der Waals surface area contributed by atoms with Crippen LogP contribution in [0.25, 0.3) is 0 Å². The molecule has 1 N–H and O–H groups in total. The number of unbranched alkanes of at least 4 members (excludes halogenated alkanes) is 1. The third-order valence-electron chi connectivity index (χ3n) is 4.11. The van der Waals surface area contributed by atoms with Crippen LogP contribution in [0.2, 0.25) is 0 Å². The van der Waals surface area contributed by atoms with Gasteiger partial charge in [-0.2, -0.15) is 0 Å². The summed E-state index contributed by atoms with van der Waals surface area (Å²) in [6.45, 7) is 9.17. The second-order valence-electron chi connectivity index (χ2n) is 6.30. The van der Waals surface area contributed by atoms with Gasteiger partial charge in [-0.05, 0) is 44.9 Å². The maximum atomic E-state index is 11.7. The van der Waals surface area contributed by atoms with Gasteiger partial charge in [0.2, 0.25) is 0 Å². The Balaban J connectivity index is 2.39. The van der Waals surface area contributed by atoms with Crippen molar-refractivity contribution in [3.63, 3.8) is 0 Å². The summed E-state index contributed by atoms with van der Waals surface area (Å²) in [6, 6.07) is 0. The van der Waals surface area contributed by atoms with Gasteiger partial charge >= 0.3 is 6.09 Å². The number of carbonyl (C=O) groups excluding carboxylic acids is 1. The molecule has 0 aromatic heterocycles. The third-order valence-corrected chi connectivity index (χ3v) is 4.11. The average molecular weight is 255 g/mol. The smallest absolute Gasteiger partial charge is 0.407 e. The lowest BCUT2D eigenvalue weighted by molar-refractivity contribution is 0.112. The van der Waals surface area contributed by atoms with Crippen LogP contribution in [-0.4, -0.2) is 18.2 Å². The number of alkyl carbamates (subject to hydrolysis) is 1. The number of carbonyl (C=O) groups is 1. The van der Waals surface area contributed by atoms with E-state index in [2.05, 4.69) is 33.0 Å². The summed E-state index contributed by atoms with van der Waals surface area (Å²) < 4.78 is 5.19. The highest BCUT2D eigenvalue weighted by atomic mass is 16.5. The van der Waals surface area contributed by atoms with Crippen LogP contribution in [0.5, 0.6) is 0 Å². The van der Waals surface area contributed by atoms with Crippen LogP contribution in [0.4, 0.5) is 4.79 Å². The number of rotatable bonds is 5. The summed E-state index contributed by atoms with van der Waals surface area (Å²) in [5, 5.41) is 3.04. The van der Waals surface area contributed by atoms with Gasteiger partial charge in [-0.3, -0.25) is 0 Å². The summed E-state index contributed by atoms with van der Waals surface area (Å²) in [5.41, 5.74) is -0.155. The first-order valence-corrected chi connectivity index (χ1v) is 7.40. The maximum Gasteiger partial charge on any atom is 0.407 e. The number of hydrogen-bond donors (Lipinski definition) is 1. The van der Waals surface area contributed by atoms with Gasteiger partial charge in [0.05, 0.1) is 6.61 Å². The van der Waals surface area contributed by atoms with Crippen molar-refractivity contribution in [3.05, 3.63) is 0 Å². The van der Waals surface area contributed by atoms with Crippen LogP contribution in [0.3, 0.4) is 0 Å². The second-order valence-corrected chi connectivity index (χ2v) is 6.30. The van der Waals surface area contributed by atoms with E-state index in [-0.39, 0.29) is 11.6 Å². The van der Waals surface area contributed by atoms with Gasteiger partial charge in [-0.25, -0.2) is 4.79 Å². The normalized spacial score (nSPS) is 24.7. The van der Waals surface area contributed by atoms with Crippen LogP contribution in [0, 0.1) is 11.8 Å². The SMILES string of the molecule is CCCCOC(=O)NC(C)(C)C1CCCC(C)C1. The lowest BCUT2D eigenvalue weighted by atomic mass is 9.73. The van der Waals surface area contributed by atoms with Crippen molar-refractivity contribution in [2.75, 3.05) is 6.61 Å². The molecular weight excluding hydrogens is 226 g/mol. The van der Waals surface area contributed by atoms with Crippen molar-refractivity contribution in [3.8, 4) is 0 Å². The molecule has 0 bridgehead atoms. The molecule has 2 atom stereocenters. The fourth-order valence-electron chi connectivity index (χ4n) is 2.80. The van der Waals surface area contributed by atoms with Crippen LogP contribution in [0.1, 0.15) is 66.2 Å². The fourth-order valence-corrected chi connectivity index (χ4v) is 2.80. The Morgan fingerprint density at radius 1 is 1.39 bits per heavy atom.